The number of methoxy groups -OCH3 is 1. The third-order valence-corrected chi connectivity index (χ3v) is 8.66. The first-order valence-corrected chi connectivity index (χ1v) is 13.0. The molecule has 1 atom stereocenters. The summed E-state index contributed by atoms with van der Waals surface area (Å²) in [5, 5.41) is 4.08. The molecule has 8 heteroatoms. The summed E-state index contributed by atoms with van der Waals surface area (Å²) in [4.78, 5) is 33.7. The summed E-state index contributed by atoms with van der Waals surface area (Å²) in [5.74, 6) is 0.711. The Balaban J connectivity index is 1.70. The summed E-state index contributed by atoms with van der Waals surface area (Å²) in [6.07, 6.45) is 8.16. The maximum atomic E-state index is 14.0. The second kappa shape index (κ2) is 9.27. The summed E-state index contributed by atoms with van der Waals surface area (Å²) >= 11 is 3.06. The van der Waals surface area contributed by atoms with Crippen molar-refractivity contribution < 1.29 is 9.53 Å². The van der Waals surface area contributed by atoms with Crippen molar-refractivity contribution in [3.63, 3.8) is 0 Å². The summed E-state index contributed by atoms with van der Waals surface area (Å²) in [5.41, 5.74) is 1.86. The largest absolute Gasteiger partial charge is 0.497 e. The lowest BCUT2D eigenvalue weighted by Gasteiger charge is -2.17. The van der Waals surface area contributed by atoms with E-state index < -0.39 is 0 Å². The predicted molar refractivity (Wildman–Crippen MR) is 130 cm³/mol. The molecule has 32 heavy (non-hydrogen) atoms. The lowest BCUT2D eigenvalue weighted by molar-refractivity contribution is -0.120. The number of thioether (sulfide) groups is 1. The van der Waals surface area contributed by atoms with E-state index in [0.29, 0.717) is 23.1 Å². The molecule has 0 saturated carbocycles. The molecule has 0 radical (unpaired) electrons. The van der Waals surface area contributed by atoms with Gasteiger partial charge in [0.1, 0.15) is 10.6 Å². The second-order valence-electron chi connectivity index (χ2n) is 8.37. The number of carbonyl (C=O) groups excluding carboxylic acids is 1. The molecule has 2 aliphatic rings. The molecule has 1 N–H and O–H groups in total. The van der Waals surface area contributed by atoms with Gasteiger partial charge in [-0.2, -0.15) is 0 Å². The Morgan fingerprint density at radius 3 is 2.91 bits per heavy atom. The number of nitrogens with zero attached hydrogens (tertiary/aromatic N) is 2. The quantitative estimate of drug-likeness (QED) is 0.450. The number of rotatable bonds is 4. The van der Waals surface area contributed by atoms with Crippen LogP contribution in [-0.4, -0.2) is 34.4 Å². The maximum absolute atomic E-state index is 14.0. The fourth-order valence-corrected chi connectivity index (χ4v) is 7.05. The van der Waals surface area contributed by atoms with Crippen molar-refractivity contribution >= 4 is 39.2 Å². The van der Waals surface area contributed by atoms with Crippen LogP contribution in [0.1, 0.15) is 49.0 Å². The van der Waals surface area contributed by atoms with Gasteiger partial charge in [0, 0.05) is 17.5 Å². The number of carbonyl (C=O) groups is 1. The Hall–Kier alpha value is -2.32. The van der Waals surface area contributed by atoms with Gasteiger partial charge in [-0.15, -0.1) is 11.3 Å². The van der Waals surface area contributed by atoms with Crippen LogP contribution in [0.3, 0.4) is 0 Å². The van der Waals surface area contributed by atoms with E-state index in [1.165, 1.54) is 28.6 Å². The van der Waals surface area contributed by atoms with Crippen LogP contribution < -0.4 is 15.6 Å². The average molecular weight is 470 g/mol. The first kappa shape index (κ1) is 21.5. The topological polar surface area (TPSA) is 73.2 Å². The molecule has 3 aromatic rings. The van der Waals surface area contributed by atoms with Gasteiger partial charge in [-0.25, -0.2) is 4.98 Å². The highest BCUT2D eigenvalue weighted by molar-refractivity contribution is 8.00. The first-order valence-electron chi connectivity index (χ1n) is 11.3. The summed E-state index contributed by atoms with van der Waals surface area (Å²) < 4.78 is 7.10. The zero-order valence-corrected chi connectivity index (χ0v) is 19.8. The average Bonchev–Trinajstić information content (AvgIpc) is 2.92. The molecular formula is C24H27N3O3S2. The number of hydrogen-bond donors (Lipinski definition) is 1. The van der Waals surface area contributed by atoms with Gasteiger partial charge in [0.25, 0.3) is 5.56 Å². The van der Waals surface area contributed by atoms with Crippen molar-refractivity contribution in [3.05, 3.63) is 45.1 Å². The highest BCUT2D eigenvalue weighted by Crippen LogP contribution is 2.36. The van der Waals surface area contributed by atoms with Crippen molar-refractivity contribution in [1.29, 1.82) is 0 Å². The van der Waals surface area contributed by atoms with Crippen LogP contribution in [-0.2, 0) is 17.6 Å². The van der Waals surface area contributed by atoms with E-state index >= 15 is 0 Å². The van der Waals surface area contributed by atoms with Gasteiger partial charge >= 0.3 is 0 Å². The normalized spacial score (nSPS) is 19.2. The number of fused-ring (bicyclic) bond motifs is 3. The van der Waals surface area contributed by atoms with E-state index in [-0.39, 0.29) is 16.7 Å². The first-order chi connectivity index (χ1) is 15.7. The van der Waals surface area contributed by atoms with Crippen LogP contribution >= 0.6 is 23.1 Å². The van der Waals surface area contributed by atoms with Crippen LogP contribution in [0, 0.1) is 0 Å². The summed E-state index contributed by atoms with van der Waals surface area (Å²) in [7, 11) is 1.62. The van der Waals surface area contributed by atoms with Crippen molar-refractivity contribution in [2.45, 2.75) is 61.8 Å². The highest BCUT2D eigenvalue weighted by atomic mass is 32.2. The number of benzene rings is 1. The molecule has 3 heterocycles. The zero-order valence-electron chi connectivity index (χ0n) is 18.2. The predicted octanol–water partition coefficient (Wildman–Crippen LogP) is 4.49. The van der Waals surface area contributed by atoms with Gasteiger partial charge in [-0.3, -0.25) is 14.2 Å². The van der Waals surface area contributed by atoms with Crippen LogP contribution in [0.2, 0.25) is 0 Å². The zero-order chi connectivity index (χ0) is 22.1. The molecule has 1 aliphatic heterocycles. The molecule has 1 amide bonds. The molecule has 1 fully saturated rings. The molecule has 1 aliphatic carbocycles. The highest BCUT2D eigenvalue weighted by Gasteiger charge is 2.27. The SMILES string of the molecule is COc1cccc(-n2c(SC3CCCCNC3=O)nc3sc4c(c3c2=O)CCCCC4)c1. The van der Waals surface area contributed by atoms with Crippen LogP contribution in [0.4, 0.5) is 0 Å². The fraction of sp³-hybridized carbons (Fsp3) is 0.458. The summed E-state index contributed by atoms with van der Waals surface area (Å²) in [6.45, 7) is 0.711. The third kappa shape index (κ3) is 4.06. The number of thiophene rings is 1. The molecule has 168 valence electrons. The Morgan fingerprint density at radius 1 is 1.16 bits per heavy atom. The maximum Gasteiger partial charge on any atom is 0.267 e. The molecule has 0 spiro atoms. The monoisotopic (exact) mass is 469 g/mol. The third-order valence-electron chi connectivity index (χ3n) is 6.25. The Labute approximate surface area is 195 Å². The van der Waals surface area contributed by atoms with Gasteiger partial charge in [-0.1, -0.05) is 30.7 Å². The van der Waals surface area contributed by atoms with E-state index in [1.54, 1.807) is 23.0 Å². The molecule has 0 bridgehead atoms. The lowest BCUT2D eigenvalue weighted by atomic mass is 10.1. The standard InChI is InChI=1S/C24H27N3O3S2/c1-30-16-9-7-8-15(14-16)27-23(29)20-17-10-3-2-4-11-18(17)31-22(20)26-24(27)32-19-12-5-6-13-25-21(19)28/h7-9,14,19H,2-6,10-13H2,1H3,(H,25,28). The number of nitrogens with one attached hydrogen (secondary N) is 1. The molecule has 2 aromatic heterocycles. The van der Waals surface area contributed by atoms with Crippen LogP contribution in [0.25, 0.3) is 15.9 Å². The Kier molecular flexibility index (Phi) is 6.24. The van der Waals surface area contributed by atoms with E-state index in [1.807, 2.05) is 24.3 Å². The molecular weight excluding hydrogens is 442 g/mol. The van der Waals surface area contributed by atoms with Gasteiger partial charge < -0.3 is 10.1 Å². The van der Waals surface area contributed by atoms with E-state index in [0.717, 1.165) is 55.2 Å². The van der Waals surface area contributed by atoms with Crippen molar-refractivity contribution in [3.8, 4) is 11.4 Å². The van der Waals surface area contributed by atoms with Crippen molar-refractivity contribution in [2.24, 2.45) is 0 Å². The van der Waals surface area contributed by atoms with Crippen molar-refractivity contribution in [2.75, 3.05) is 13.7 Å². The minimum Gasteiger partial charge on any atom is -0.497 e. The number of ether oxygens (including phenoxy) is 1. The molecule has 1 aromatic carbocycles. The van der Waals surface area contributed by atoms with Gasteiger partial charge in [-0.05, 0) is 56.2 Å². The van der Waals surface area contributed by atoms with E-state index in [9.17, 15) is 9.59 Å². The Morgan fingerprint density at radius 2 is 2.03 bits per heavy atom. The van der Waals surface area contributed by atoms with E-state index in [2.05, 4.69) is 5.32 Å². The fourth-order valence-electron chi connectivity index (χ4n) is 4.57. The van der Waals surface area contributed by atoms with E-state index in [4.69, 9.17) is 9.72 Å². The molecule has 1 unspecified atom stereocenters. The Bertz CT molecular complexity index is 1220. The molecule has 5 rings (SSSR count). The smallest absolute Gasteiger partial charge is 0.267 e. The van der Waals surface area contributed by atoms with Crippen LogP contribution in [0.5, 0.6) is 5.75 Å². The number of aromatic nitrogens is 2. The minimum absolute atomic E-state index is 0.0287. The molecule has 1 saturated heterocycles. The van der Waals surface area contributed by atoms with Gasteiger partial charge in [0.15, 0.2) is 5.16 Å². The number of aryl methyl sites for hydroxylation is 2. The van der Waals surface area contributed by atoms with Gasteiger partial charge in [0.2, 0.25) is 5.91 Å². The second-order valence-corrected chi connectivity index (χ2v) is 10.6. The lowest BCUT2D eigenvalue weighted by Crippen LogP contribution is -2.31. The number of amides is 1. The minimum atomic E-state index is -0.253. The summed E-state index contributed by atoms with van der Waals surface area (Å²) in [6, 6.07) is 7.51. The van der Waals surface area contributed by atoms with Gasteiger partial charge in [0.05, 0.1) is 23.4 Å². The number of hydrogen-bond acceptors (Lipinski definition) is 6. The molecule has 6 nitrogen and oxygen atoms in total. The van der Waals surface area contributed by atoms with Crippen LogP contribution in [0.15, 0.2) is 34.2 Å². The van der Waals surface area contributed by atoms with Crippen molar-refractivity contribution in [1.82, 2.24) is 14.9 Å².